The van der Waals surface area contributed by atoms with Crippen molar-refractivity contribution in [1.82, 2.24) is 39.9 Å². The molecule has 0 saturated carbocycles. The first-order valence-corrected chi connectivity index (χ1v) is 16.4. The van der Waals surface area contributed by atoms with E-state index in [1.54, 1.807) is 29.3 Å². The van der Waals surface area contributed by atoms with Gasteiger partial charge in [0.15, 0.2) is 11.5 Å². The third-order valence-electron chi connectivity index (χ3n) is 8.87. The molecule has 2 aliphatic heterocycles. The normalized spacial score (nSPS) is 19.2. The first-order chi connectivity index (χ1) is 22.7. The van der Waals surface area contributed by atoms with Crippen LogP contribution >= 0.6 is 0 Å². The van der Waals surface area contributed by atoms with Crippen LogP contribution in [0, 0.1) is 12.8 Å². The van der Waals surface area contributed by atoms with Gasteiger partial charge in [0.25, 0.3) is 5.91 Å². The summed E-state index contributed by atoms with van der Waals surface area (Å²) in [6.45, 7) is 11.1. The van der Waals surface area contributed by atoms with Gasteiger partial charge in [0.2, 0.25) is 5.95 Å². The van der Waals surface area contributed by atoms with Crippen molar-refractivity contribution in [3.63, 3.8) is 0 Å². The number of carbonyl (C=O) groups is 1. The van der Waals surface area contributed by atoms with E-state index < -0.39 is 0 Å². The van der Waals surface area contributed by atoms with E-state index in [9.17, 15) is 9.90 Å². The second kappa shape index (κ2) is 14.6. The largest absolute Gasteiger partial charge is 0.396 e. The number of morpholine rings is 1. The third-order valence-corrected chi connectivity index (χ3v) is 8.87. The van der Waals surface area contributed by atoms with Crippen molar-refractivity contribution in [3.05, 3.63) is 48.0 Å². The lowest BCUT2D eigenvalue weighted by molar-refractivity contribution is -0.0672. The van der Waals surface area contributed by atoms with Crippen molar-refractivity contribution in [1.29, 1.82) is 0 Å². The molecule has 2 atom stereocenters. The molecule has 250 valence electrons. The molecule has 1 amide bonds. The standard InChI is InChI=1S/C33H45N11O3/c1-21-19-43(20-22(2)47-21)13-10-35-32(46)25-15-28(23(3)36-17-25)39-30-27-18-37-33(40-31(27)42(4)41-30)38-26-5-9-34-29(16-26)44-11-6-24(7-12-44)8-14-45/h5,9,15-18,21-22,24,45H,6-8,10-14,19-20H2,1-4H3,(H,35,46)(H,39,41)(H,34,37,38,40)/t21-,22-/m0/s1. The fourth-order valence-corrected chi connectivity index (χ4v) is 6.43. The molecular weight excluding hydrogens is 598 g/mol. The van der Waals surface area contributed by atoms with E-state index >= 15 is 0 Å². The summed E-state index contributed by atoms with van der Waals surface area (Å²) in [4.78, 5) is 36.0. The van der Waals surface area contributed by atoms with Crippen LogP contribution in [0.4, 0.5) is 29.0 Å². The third kappa shape index (κ3) is 7.95. The summed E-state index contributed by atoms with van der Waals surface area (Å²) in [5.41, 5.74) is 3.38. The van der Waals surface area contributed by atoms with E-state index in [2.05, 4.69) is 59.6 Å². The van der Waals surface area contributed by atoms with Gasteiger partial charge in [0, 0.05) is 83.3 Å². The number of aromatic nitrogens is 6. The number of pyridine rings is 2. The van der Waals surface area contributed by atoms with E-state index in [1.165, 1.54) is 0 Å². The Hall–Kier alpha value is -4.40. The molecule has 4 aromatic rings. The zero-order valence-electron chi connectivity index (χ0n) is 27.6. The molecule has 47 heavy (non-hydrogen) atoms. The van der Waals surface area contributed by atoms with E-state index in [0.717, 1.165) is 74.6 Å². The minimum atomic E-state index is -0.176. The molecule has 6 rings (SSSR count). The van der Waals surface area contributed by atoms with Crippen LogP contribution < -0.4 is 20.9 Å². The molecule has 2 saturated heterocycles. The molecule has 0 radical (unpaired) electrons. The highest BCUT2D eigenvalue weighted by molar-refractivity contribution is 5.96. The van der Waals surface area contributed by atoms with Crippen LogP contribution in [0.3, 0.4) is 0 Å². The summed E-state index contributed by atoms with van der Waals surface area (Å²) in [7, 11) is 1.83. The van der Waals surface area contributed by atoms with Crippen molar-refractivity contribution in [2.45, 2.75) is 52.2 Å². The van der Waals surface area contributed by atoms with E-state index in [4.69, 9.17) is 9.72 Å². The van der Waals surface area contributed by atoms with Crippen molar-refractivity contribution in [2.75, 3.05) is 61.4 Å². The lowest BCUT2D eigenvalue weighted by atomic mass is 9.94. The smallest absolute Gasteiger partial charge is 0.252 e. The van der Waals surface area contributed by atoms with Crippen LogP contribution in [-0.2, 0) is 11.8 Å². The number of aryl methyl sites for hydroxylation is 2. The quantitative estimate of drug-likeness (QED) is 0.189. The number of amides is 1. The molecule has 0 spiro atoms. The average Bonchev–Trinajstić information content (AvgIpc) is 3.36. The molecule has 14 nitrogen and oxygen atoms in total. The average molecular weight is 644 g/mol. The highest BCUT2D eigenvalue weighted by Crippen LogP contribution is 2.28. The summed E-state index contributed by atoms with van der Waals surface area (Å²) in [6, 6.07) is 5.71. The van der Waals surface area contributed by atoms with Crippen LogP contribution in [0.1, 0.15) is 49.2 Å². The maximum absolute atomic E-state index is 13.0. The second-order valence-corrected chi connectivity index (χ2v) is 12.6. The minimum Gasteiger partial charge on any atom is -0.396 e. The van der Waals surface area contributed by atoms with Gasteiger partial charge in [-0.3, -0.25) is 14.7 Å². The number of hydrogen-bond donors (Lipinski definition) is 4. The number of rotatable bonds is 11. The molecule has 0 unspecified atom stereocenters. The topological polar surface area (TPSA) is 158 Å². The zero-order chi connectivity index (χ0) is 32.9. The number of fused-ring (bicyclic) bond motifs is 1. The second-order valence-electron chi connectivity index (χ2n) is 12.6. The Labute approximate surface area is 275 Å². The van der Waals surface area contributed by atoms with Gasteiger partial charge < -0.3 is 30.7 Å². The van der Waals surface area contributed by atoms with Crippen molar-refractivity contribution >= 4 is 45.9 Å². The Kier molecular flexibility index (Phi) is 10.1. The number of hydrogen-bond acceptors (Lipinski definition) is 12. The van der Waals surface area contributed by atoms with Crippen LogP contribution in [0.5, 0.6) is 0 Å². The number of anilines is 5. The van der Waals surface area contributed by atoms with Gasteiger partial charge in [0.05, 0.1) is 34.5 Å². The molecule has 2 aliphatic rings. The Morgan fingerprint density at radius 1 is 1.06 bits per heavy atom. The highest BCUT2D eigenvalue weighted by Gasteiger charge is 2.23. The van der Waals surface area contributed by atoms with Crippen molar-refractivity contribution in [3.8, 4) is 0 Å². The SMILES string of the molecule is Cc1ncc(C(=O)NCCN2C[C@H](C)O[C@@H](C)C2)cc1Nc1nn(C)c2nc(Nc3ccnc(N4CCC(CCO)CC4)c3)ncc12. The van der Waals surface area contributed by atoms with E-state index in [-0.39, 0.29) is 24.7 Å². The first-order valence-electron chi connectivity index (χ1n) is 16.4. The van der Waals surface area contributed by atoms with Crippen LogP contribution in [0.2, 0.25) is 0 Å². The maximum atomic E-state index is 13.0. The summed E-state index contributed by atoms with van der Waals surface area (Å²) < 4.78 is 7.51. The molecule has 14 heteroatoms. The highest BCUT2D eigenvalue weighted by atomic mass is 16.5. The van der Waals surface area contributed by atoms with Gasteiger partial charge >= 0.3 is 0 Å². The maximum Gasteiger partial charge on any atom is 0.252 e. The van der Waals surface area contributed by atoms with Gasteiger partial charge in [-0.2, -0.15) is 10.1 Å². The summed E-state index contributed by atoms with van der Waals surface area (Å²) in [5.74, 6) is 2.33. The monoisotopic (exact) mass is 643 g/mol. The molecule has 6 heterocycles. The Bertz CT molecular complexity index is 1680. The summed E-state index contributed by atoms with van der Waals surface area (Å²) in [5, 5.41) is 24.3. The predicted octanol–water partition coefficient (Wildman–Crippen LogP) is 3.39. The van der Waals surface area contributed by atoms with Crippen molar-refractivity contribution < 1.29 is 14.6 Å². The molecule has 0 aliphatic carbocycles. The van der Waals surface area contributed by atoms with Gasteiger partial charge in [-0.1, -0.05) is 0 Å². The van der Waals surface area contributed by atoms with Gasteiger partial charge in [-0.25, -0.2) is 14.6 Å². The number of ether oxygens (including phenoxy) is 1. The van der Waals surface area contributed by atoms with E-state index in [0.29, 0.717) is 41.1 Å². The fourth-order valence-electron chi connectivity index (χ4n) is 6.43. The lowest BCUT2D eigenvalue weighted by Gasteiger charge is -2.35. The number of aliphatic hydroxyl groups is 1. The molecule has 0 bridgehead atoms. The number of aliphatic hydroxyl groups excluding tert-OH is 1. The number of piperidine rings is 1. The number of nitrogens with zero attached hydrogens (tertiary/aromatic N) is 8. The fraction of sp³-hybridized carbons (Fsp3) is 0.515. The number of nitrogens with one attached hydrogen (secondary N) is 3. The van der Waals surface area contributed by atoms with Gasteiger partial charge in [-0.15, -0.1) is 0 Å². The lowest BCUT2D eigenvalue weighted by Crippen LogP contribution is -2.47. The van der Waals surface area contributed by atoms with Gasteiger partial charge in [-0.05, 0) is 58.1 Å². The zero-order valence-corrected chi connectivity index (χ0v) is 27.6. The van der Waals surface area contributed by atoms with Crippen LogP contribution in [-0.4, -0.2) is 104 Å². The van der Waals surface area contributed by atoms with Crippen LogP contribution in [0.25, 0.3) is 11.0 Å². The molecule has 0 aromatic carbocycles. The van der Waals surface area contributed by atoms with Crippen LogP contribution in [0.15, 0.2) is 36.8 Å². The molecular formula is C33H45N11O3. The molecule has 2 fully saturated rings. The summed E-state index contributed by atoms with van der Waals surface area (Å²) >= 11 is 0. The Morgan fingerprint density at radius 2 is 1.85 bits per heavy atom. The summed E-state index contributed by atoms with van der Waals surface area (Å²) in [6.07, 6.45) is 8.46. The van der Waals surface area contributed by atoms with Crippen molar-refractivity contribution in [2.24, 2.45) is 13.0 Å². The minimum absolute atomic E-state index is 0.176. The molecule has 4 aromatic heterocycles. The Balaban J connectivity index is 1.10. The first kappa shape index (κ1) is 32.5. The van der Waals surface area contributed by atoms with E-state index in [1.807, 2.05) is 26.1 Å². The van der Waals surface area contributed by atoms with Gasteiger partial charge in [0.1, 0.15) is 5.82 Å². The predicted molar refractivity (Wildman–Crippen MR) is 182 cm³/mol. The number of carbonyl (C=O) groups excluding carboxylic acids is 1. The Morgan fingerprint density at radius 3 is 2.62 bits per heavy atom. The molecule has 4 N–H and O–H groups in total.